The Morgan fingerprint density at radius 3 is 2.12 bits per heavy atom. The normalized spacial score (nSPS) is 21.2. The molecule has 0 spiro atoms. The molecule has 2 aliphatic heterocycles. The van der Waals surface area contributed by atoms with Crippen LogP contribution in [0.4, 0.5) is 0 Å². The van der Waals surface area contributed by atoms with Gasteiger partial charge in [-0.3, -0.25) is 0 Å². The first-order chi connectivity index (χ1) is 15.2. The highest BCUT2D eigenvalue weighted by Gasteiger charge is 2.49. The molecule has 0 saturated carbocycles. The van der Waals surface area contributed by atoms with Crippen molar-refractivity contribution in [3.63, 3.8) is 0 Å². The van der Waals surface area contributed by atoms with E-state index < -0.39 is 5.60 Å². The molecule has 5 rings (SSSR count). The van der Waals surface area contributed by atoms with Crippen LogP contribution in [0.2, 0.25) is 0 Å². The van der Waals surface area contributed by atoms with E-state index in [0.29, 0.717) is 0 Å². The van der Waals surface area contributed by atoms with Crippen LogP contribution in [0.5, 0.6) is 17.2 Å². The van der Waals surface area contributed by atoms with Gasteiger partial charge in [0.25, 0.3) is 0 Å². The number of hydrogen-bond donors (Lipinski definition) is 0. The third-order valence-corrected chi connectivity index (χ3v) is 6.79. The van der Waals surface area contributed by atoms with Crippen molar-refractivity contribution in [3.8, 4) is 28.4 Å². The maximum atomic E-state index is 6.35. The fraction of sp³-hybridized carbons (Fsp3) is 0.357. The number of benzene rings is 3. The fourth-order valence-corrected chi connectivity index (χ4v) is 5.19. The van der Waals surface area contributed by atoms with Gasteiger partial charge < -0.3 is 18.9 Å². The zero-order valence-electron chi connectivity index (χ0n) is 19.8. The summed E-state index contributed by atoms with van der Waals surface area (Å²) < 4.78 is 24.3. The van der Waals surface area contributed by atoms with Crippen molar-refractivity contribution < 1.29 is 18.9 Å². The zero-order chi connectivity index (χ0) is 22.8. The van der Waals surface area contributed by atoms with Crippen molar-refractivity contribution in [1.29, 1.82) is 0 Å². The summed E-state index contributed by atoms with van der Waals surface area (Å²) in [4.78, 5) is 0. The average Bonchev–Trinajstić information content (AvgIpc) is 3.31. The molecule has 4 nitrogen and oxygen atoms in total. The zero-order valence-corrected chi connectivity index (χ0v) is 19.8. The first kappa shape index (κ1) is 20.9. The van der Waals surface area contributed by atoms with E-state index in [1.807, 2.05) is 6.07 Å². The SMILES string of the molecule is COc1ccc(-c2ccc(C(C)(C)C)cc2)c2c(OC)c3c(c(OC)c12)[C@@H]1C=C[C@@]3(C)O1. The van der Waals surface area contributed by atoms with E-state index in [0.717, 1.165) is 50.3 Å². The molecule has 2 aliphatic rings. The summed E-state index contributed by atoms with van der Waals surface area (Å²) in [5.74, 6) is 2.36. The van der Waals surface area contributed by atoms with Crippen LogP contribution in [0.1, 0.15) is 50.5 Å². The Morgan fingerprint density at radius 1 is 0.844 bits per heavy atom. The summed E-state index contributed by atoms with van der Waals surface area (Å²) >= 11 is 0. The Kier molecular flexibility index (Phi) is 4.58. The third kappa shape index (κ3) is 2.79. The summed E-state index contributed by atoms with van der Waals surface area (Å²) in [6.07, 6.45) is 4.06. The van der Waals surface area contributed by atoms with Crippen LogP contribution in [0.15, 0.2) is 48.6 Å². The Hall–Kier alpha value is -2.98. The first-order valence-electron chi connectivity index (χ1n) is 11.0. The monoisotopic (exact) mass is 430 g/mol. The molecule has 0 amide bonds. The molecule has 2 bridgehead atoms. The molecule has 0 saturated heterocycles. The van der Waals surface area contributed by atoms with Crippen molar-refractivity contribution in [2.45, 2.75) is 44.8 Å². The molecule has 0 aromatic heterocycles. The predicted octanol–water partition coefficient (Wildman–Crippen LogP) is 6.69. The number of rotatable bonds is 4. The molecule has 0 fully saturated rings. The lowest BCUT2D eigenvalue weighted by atomic mass is 9.82. The average molecular weight is 431 g/mol. The van der Waals surface area contributed by atoms with Gasteiger partial charge in [-0.1, -0.05) is 51.1 Å². The van der Waals surface area contributed by atoms with Crippen LogP contribution in [-0.2, 0) is 15.8 Å². The van der Waals surface area contributed by atoms with Gasteiger partial charge in [0.1, 0.15) is 29.0 Å². The summed E-state index contributed by atoms with van der Waals surface area (Å²) in [5.41, 5.74) is 5.12. The second-order valence-electron chi connectivity index (χ2n) is 9.75. The minimum Gasteiger partial charge on any atom is -0.496 e. The summed E-state index contributed by atoms with van der Waals surface area (Å²) in [5, 5.41) is 1.90. The van der Waals surface area contributed by atoms with Crippen LogP contribution in [-0.4, -0.2) is 21.3 Å². The van der Waals surface area contributed by atoms with Gasteiger partial charge in [-0.05, 0) is 47.2 Å². The van der Waals surface area contributed by atoms with E-state index in [-0.39, 0.29) is 11.5 Å². The van der Waals surface area contributed by atoms with Crippen molar-refractivity contribution in [2.75, 3.05) is 21.3 Å². The molecule has 32 heavy (non-hydrogen) atoms. The highest BCUT2D eigenvalue weighted by molar-refractivity contribution is 6.09. The minimum atomic E-state index is -0.538. The summed E-state index contributed by atoms with van der Waals surface area (Å²) in [6, 6.07) is 12.9. The molecule has 2 heterocycles. The lowest BCUT2D eigenvalue weighted by Gasteiger charge is -2.26. The van der Waals surface area contributed by atoms with Crippen LogP contribution in [0.3, 0.4) is 0 Å². The quantitative estimate of drug-likeness (QED) is 0.432. The maximum absolute atomic E-state index is 6.35. The number of ether oxygens (including phenoxy) is 4. The van der Waals surface area contributed by atoms with Gasteiger partial charge in [0, 0.05) is 16.5 Å². The van der Waals surface area contributed by atoms with Crippen molar-refractivity contribution in [1.82, 2.24) is 0 Å². The molecule has 166 valence electrons. The minimum absolute atomic E-state index is 0.0970. The summed E-state index contributed by atoms with van der Waals surface area (Å²) in [7, 11) is 5.13. The largest absolute Gasteiger partial charge is 0.496 e. The highest BCUT2D eigenvalue weighted by Crippen LogP contribution is 2.61. The van der Waals surface area contributed by atoms with E-state index in [1.165, 1.54) is 5.56 Å². The van der Waals surface area contributed by atoms with Gasteiger partial charge in [-0.15, -0.1) is 0 Å². The predicted molar refractivity (Wildman–Crippen MR) is 128 cm³/mol. The second-order valence-corrected chi connectivity index (χ2v) is 9.75. The molecule has 0 unspecified atom stereocenters. The van der Waals surface area contributed by atoms with Gasteiger partial charge in [0.15, 0.2) is 0 Å². The molecular weight excluding hydrogens is 400 g/mol. The first-order valence-corrected chi connectivity index (χ1v) is 11.0. The molecule has 0 aliphatic carbocycles. The van der Waals surface area contributed by atoms with E-state index >= 15 is 0 Å². The van der Waals surface area contributed by atoms with Gasteiger partial charge in [0.2, 0.25) is 0 Å². The van der Waals surface area contributed by atoms with E-state index in [9.17, 15) is 0 Å². The molecular formula is C28H30O4. The molecule has 3 aromatic rings. The van der Waals surface area contributed by atoms with Crippen molar-refractivity contribution in [2.24, 2.45) is 0 Å². The molecule has 0 radical (unpaired) electrons. The maximum Gasteiger partial charge on any atom is 0.137 e. The van der Waals surface area contributed by atoms with Crippen LogP contribution < -0.4 is 14.2 Å². The Bertz CT molecular complexity index is 1250. The summed E-state index contributed by atoms with van der Waals surface area (Å²) in [6.45, 7) is 8.77. The van der Waals surface area contributed by atoms with Crippen molar-refractivity contribution >= 4 is 10.8 Å². The number of hydrogen-bond acceptors (Lipinski definition) is 4. The van der Waals surface area contributed by atoms with Gasteiger partial charge >= 0.3 is 0 Å². The van der Waals surface area contributed by atoms with Gasteiger partial charge in [0.05, 0.1) is 26.7 Å². The third-order valence-electron chi connectivity index (χ3n) is 6.79. The molecule has 0 N–H and O–H groups in total. The van der Waals surface area contributed by atoms with E-state index in [2.05, 4.69) is 70.2 Å². The number of fused-ring (bicyclic) bond motifs is 6. The Labute approximate surface area is 189 Å². The van der Waals surface area contributed by atoms with Crippen LogP contribution >= 0.6 is 0 Å². The van der Waals surface area contributed by atoms with Crippen molar-refractivity contribution in [3.05, 3.63) is 65.2 Å². The standard InChI is InChI=1S/C28H30O4/c1-27(2,3)17-10-8-16(9-11-17)18-12-13-19(29-5)22-21(18)26(31-7)24-23(25(22)30-6)20-14-15-28(24,4)32-20/h8-15,20H,1-7H3/t20-,28+/m0/s1. The fourth-order valence-electron chi connectivity index (χ4n) is 5.19. The molecule has 4 heteroatoms. The van der Waals surface area contributed by atoms with E-state index in [4.69, 9.17) is 18.9 Å². The van der Waals surface area contributed by atoms with Gasteiger partial charge in [-0.2, -0.15) is 0 Å². The lowest BCUT2D eigenvalue weighted by molar-refractivity contribution is 0.0101. The lowest BCUT2D eigenvalue weighted by Crippen LogP contribution is -2.17. The Morgan fingerprint density at radius 2 is 1.53 bits per heavy atom. The van der Waals surface area contributed by atoms with E-state index in [1.54, 1.807) is 21.3 Å². The van der Waals surface area contributed by atoms with Crippen LogP contribution in [0.25, 0.3) is 21.9 Å². The molecule has 2 atom stereocenters. The van der Waals surface area contributed by atoms with Crippen LogP contribution in [0, 0.1) is 0 Å². The highest BCUT2D eigenvalue weighted by atomic mass is 16.5. The smallest absolute Gasteiger partial charge is 0.137 e. The topological polar surface area (TPSA) is 36.9 Å². The second kappa shape index (κ2) is 7.01. The number of methoxy groups -OCH3 is 3. The Balaban J connectivity index is 1.88. The molecule has 3 aromatic carbocycles. The van der Waals surface area contributed by atoms with Gasteiger partial charge in [-0.25, -0.2) is 0 Å².